The van der Waals surface area contributed by atoms with Gasteiger partial charge in [-0.25, -0.2) is 9.78 Å². The van der Waals surface area contributed by atoms with Crippen LogP contribution in [0.15, 0.2) is 29.2 Å². The zero-order chi connectivity index (χ0) is 13.1. The SMILES string of the molecule is CCSCn1c(=O)c(C(=O)O)cc2cccnc21.Cl. The number of carbonyl (C=O) groups is 1. The smallest absolute Gasteiger partial charge is 0.341 e. The van der Waals surface area contributed by atoms with Gasteiger partial charge in [0.25, 0.3) is 5.56 Å². The van der Waals surface area contributed by atoms with Crippen LogP contribution in [0.25, 0.3) is 11.0 Å². The molecule has 0 radical (unpaired) electrons. The first kappa shape index (κ1) is 15.5. The average Bonchev–Trinajstić information content (AvgIpc) is 2.37. The van der Waals surface area contributed by atoms with E-state index < -0.39 is 11.5 Å². The summed E-state index contributed by atoms with van der Waals surface area (Å²) < 4.78 is 1.41. The van der Waals surface area contributed by atoms with E-state index in [1.807, 2.05) is 6.92 Å². The van der Waals surface area contributed by atoms with E-state index in [9.17, 15) is 9.59 Å². The summed E-state index contributed by atoms with van der Waals surface area (Å²) in [6.07, 6.45) is 1.59. The summed E-state index contributed by atoms with van der Waals surface area (Å²) in [5.41, 5.74) is -0.199. The Morgan fingerprint density at radius 1 is 1.53 bits per heavy atom. The summed E-state index contributed by atoms with van der Waals surface area (Å²) in [7, 11) is 0. The van der Waals surface area contributed by atoms with E-state index >= 15 is 0 Å². The fraction of sp³-hybridized carbons (Fsp3) is 0.250. The Bertz CT molecular complexity index is 657. The predicted octanol–water partition coefficient (Wildman–Crippen LogP) is 2.23. The minimum Gasteiger partial charge on any atom is -0.477 e. The van der Waals surface area contributed by atoms with Crippen molar-refractivity contribution in [2.75, 3.05) is 5.75 Å². The van der Waals surface area contributed by atoms with Gasteiger partial charge in [0.05, 0.1) is 5.88 Å². The molecule has 0 unspecified atom stereocenters. The summed E-state index contributed by atoms with van der Waals surface area (Å²) in [5, 5.41) is 9.69. The molecule has 0 aliphatic rings. The molecule has 0 saturated carbocycles. The van der Waals surface area contributed by atoms with Crippen LogP contribution in [0.2, 0.25) is 0 Å². The molecule has 0 aliphatic heterocycles. The van der Waals surface area contributed by atoms with Crippen molar-refractivity contribution in [2.24, 2.45) is 0 Å². The van der Waals surface area contributed by atoms with E-state index in [0.717, 1.165) is 5.75 Å². The van der Waals surface area contributed by atoms with Crippen molar-refractivity contribution in [1.82, 2.24) is 9.55 Å². The van der Waals surface area contributed by atoms with Crippen LogP contribution in [0.3, 0.4) is 0 Å². The second kappa shape index (κ2) is 6.58. The first-order valence-corrected chi connectivity index (χ1v) is 6.60. The molecule has 2 heterocycles. The number of hydrogen-bond donors (Lipinski definition) is 1. The van der Waals surface area contributed by atoms with Gasteiger partial charge in [-0.1, -0.05) is 6.92 Å². The average molecular weight is 301 g/mol. The number of aromatic nitrogens is 2. The highest BCUT2D eigenvalue weighted by atomic mass is 35.5. The number of fused-ring (bicyclic) bond motifs is 1. The molecule has 102 valence electrons. The molecule has 0 aliphatic carbocycles. The maximum Gasteiger partial charge on any atom is 0.341 e. The quantitative estimate of drug-likeness (QED) is 0.937. The summed E-state index contributed by atoms with van der Waals surface area (Å²) in [6.45, 7) is 1.98. The minimum absolute atomic E-state index is 0. The molecule has 2 aromatic rings. The molecule has 2 aromatic heterocycles. The standard InChI is InChI=1S/C12H12N2O3S.ClH/c1-2-18-7-14-10-8(4-3-5-13-10)6-9(11(14)15)12(16)17;/h3-6H,2,7H2,1H3,(H,16,17);1H. The van der Waals surface area contributed by atoms with Crippen LogP contribution in [0.4, 0.5) is 0 Å². The Morgan fingerprint density at radius 3 is 2.89 bits per heavy atom. The lowest BCUT2D eigenvalue weighted by Gasteiger charge is -2.09. The van der Waals surface area contributed by atoms with Gasteiger partial charge in [0, 0.05) is 11.6 Å². The molecule has 2 rings (SSSR count). The van der Waals surface area contributed by atoms with Crippen LogP contribution < -0.4 is 5.56 Å². The summed E-state index contributed by atoms with van der Waals surface area (Å²) >= 11 is 1.54. The molecule has 0 amide bonds. The van der Waals surface area contributed by atoms with Crippen molar-refractivity contribution >= 4 is 41.2 Å². The summed E-state index contributed by atoms with van der Waals surface area (Å²) in [6, 6.07) is 4.84. The van der Waals surface area contributed by atoms with Crippen molar-refractivity contribution in [1.29, 1.82) is 0 Å². The third kappa shape index (κ3) is 3.08. The van der Waals surface area contributed by atoms with E-state index in [-0.39, 0.29) is 18.0 Å². The lowest BCUT2D eigenvalue weighted by molar-refractivity contribution is 0.0694. The number of thioether (sulfide) groups is 1. The molecular weight excluding hydrogens is 288 g/mol. The van der Waals surface area contributed by atoms with E-state index in [4.69, 9.17) is 5.11 Å². The van der Waals surface area contributed by atoms with Crippen LogP contribution in [-0.2, 0) is 5.88 Å². The fourth-order valence-electron chi connectivity index (χ4n) is 1.66. The molecular formula is C12H13ClN2O3S. The molecule has 0 atom stereocenters. The van der Waals surface area contributed by atoms with Crippen LogP contribution in [0.5, 0.6) is 0 Å². The van der Waals surface area contributed by atoms with Gasteiger partial charge in [0.15, 0.2) is 0 Å². The number of nitrogens with zero attached hydrogens (tertiary/aromatic N) is 2. The van der Waals surface area contributed by atoms with Gasteiger partial charge in [0.1, 0.15) is 11.2 Å². The van der Waals surface area contributed by atoms with Crippen LogP contribution in [-0.4, -0.2) is 26.4 Å². The van der Waals surface area contributed by atoms with Crippen molar-refractivity contribution in [3.05, 3.63) is 40.3 Å². The highest BCUT2D eigenvalue weighted by Gasteiger charge is 2.14. The lowest BCUT2D eigenvalue weighted by Crippen LogP contribution is -2.26. The third-order valence-electron chi connectivity index (χ3n) is 2.50. The normalized spacial score (nSPS) is 10.2. The maximum atomic E-state index is 12.1. The first-order chi connectivity index (χ1) is 8.65. The van der Waals surface area contributed by atoms with Gasteiger partial charge < -0.3 is 5.11 Å². The zero-order valence-electron chi connectivity index (χ0n) is 10.2. The van der Waals surface area contributed by atoms with Gasteiger partial charge >= 0.3 is 5.97 Å². The highest BCUT2D eigenvalue weighted by molar-refractivity contribution is 7.98. The van der Waals surface area contributed by atoms with Crippen molar-refractivity contribution < 1.29 is 9.90 Å². The Balaban J connectivity index is 0.00000180. The second-order valence-electron chi connectivity index (χ2n) is 3.63. The van der Waals surface area contributed by atoms with Crippen molar-refractivity contribution in [3.8, 4) is 0 Å². The molecule has 0 fully saturated rings. The summed E-state index contributed by atoms with van der Waals surface area (Å²) in [5.74, 6) is 0.0446. The van der Waals surface area contributed by atoms with Crippen LogP contribution in [0.1, 0.15) is 17.3 Å². The number of carboxylic acids is 1. The van der Waals surface area contributed by atoms with E-state index in [1.165, 1.54) is 10.6 Å². The van der Waals surface area contributed by atoms with Gasteiger partial charge in [-0.2, -0.15) is 0 Å². The molecule has 5 nitrogen and oxygen atoms in total. The Morgan fingerprint density at radius 2 is 2.26 bits per heavy atom. The Labute approximate surface area is 120 Å². The fourth-order valence-corrected chi connectivity index (χ4v) is 2.27. The van der Waals surface area contributed by atoms with Crippen molar-refractivity contribution in [2.45, 2.75) is 12.8 Å². The third-order valence-corrected chi connectivity index (χ3v) is 3.35. The molecule has 0 aromatic carbocycles. The molecule has 0 spiro atoms. The summed E-state index contributed by atoms with van der Waals surface area (Å²) in [4.78, 5) is 27.3. The molecule has 19 heavy (non-hydrogen) atoms. The van der Waals surface area contributed by atoms with Crippen molar-refractivity contribution in [3.63, 3.8) is 0 Å². The molecule has 7 heteroatoms. The van der Waals surface area contributed by atoms with E-state index in [1.54, 1.807) is 30.1 Å². The minimum atomic E-state index is -1.21. The lowest BCUT2D eigenvalue weighted by atomic mass is 10.2. The topological polar surface area (TPSA) is 72.2 Å². The molecule has 0 bridgehead atoms. The monoisotopic (exact) mass is 300 g/mol. The van der Waals surface area contributed by atoms with Gasteiger partial charge in [-0.05, 0) is 24.0 Å². The highest BCUT2D eigenvalue weighted by Crippen LogP contribution is 2.13. The number of pyridine rings is 2. The number of hydrogen-bond acceptors (Lipinski definition) is 4. The number of rotatable bonds is 4. The predicted molar refractivity (Wildman–Crippen MR) is 78.3 cm³/mol. The first-order valence-electron chi connectivity index (χ1n) is 5.44. The number of aromatic carboxylic acids is 1. The Hall–Kier alpha value is -1.53. The number of halogens is 1. The van der Waals surface area contributed by atoms with Crippen LogP contribution in [0, 0.1) is 0 Å². The van der Waals surface area contributed by atoms with E-state index in [2.05, 4.69) is 4.98 Å². The van der Waals surface area contributed by atoms with Gasteiger partial charge in [-0.3, -0.25) is 9.36 Å². The van der Waals surface area contributed by atoms with Crippen LogP contribution >= 0.6 is 24.2 Å². The largest absolute Gasteiger partial charge is 0.477 e. The molecule has 1 N–H and O–H groups in total. The number of carboxylic acid groups (broad SMARTS) is 1. The zero-order valence-corrected chi connectivity index (χ0v) is 11.8. The molecule has 0 saturated heterocycles. The Kier molecular flexibility index (Phi) is 5.38. The van der Waals surface area contributed by atoms with E-state index in [0.29, 0.717) is 16.9 Å². The van der Waals surface area contributed by atoms with Gasteiger partial charge in [0.2, 0.25) is 0 Å². The second-order valence-corrected chi connectivity index (χ2v) is 4.88. The maximum absolute atomic E-state index is 12.1. The van der Waals surface area contributed by atoms with Gasteiger partial charge in [-0.15, -0.1) is 24.2 Å².